The van der Waals surface area contributed by atoms with Crippen molar-refractivity contribution in [3.05, 3.63) is 29.8 Å². The molecular formula is C19H25NO4. The van der Waals surface area contributed by atoms with Crippen LogP contribution in [-0.2, 0) is 20.8 Å². The van der Waals surface area contributed by atoms with E-state index in [2.05, 4.69) is 17.2 Å². The highest BCUT2D eigenvalue weighted by Crippen LogP contribution is 2.38. The smallest absolute Gasteiger partial charge is 0.224 e. The average molecular weight is 331 g/mol. The van der Waals surface area contributed by atoms with E-state index >= 15 is 0 Å². The van der Waals surface area contributed by atoms with Gasteiger partial charge in [0.05, 0.1) is 13.0 Å². The van der Waals surface area contributed by atoms with Crippen LogP contribution < -0.4 is 10.1 Å². The fourth-order valence-corrected chi connectivity index (χ4v) is 2.32. The highest BCUT2D eigenvalue weighted by atomic mass is 16.7. The maximum absolute atomic E-state index is 12.1. The molecule has 1 fully saturated rings. The van der Waals surface area contributed by atoms with Crippen LogP contribution in [0.15, 0.2) is 24.3 Å². The molecule has 24 heavy (non-hydrogen) atoms. The molecule has 5 nitrogen and oxygen atoms in total. The van der Waals surface area contributed by atoms with Gasteiger partial charge in [0, 0.05) is 25.7 Å². The standard InChI is InChI=1S/C19H25NO4/c1-4-23-18(24-5-2)11-8-15-12-17(15)19(21)20-13-14-6-9-16(22-3)10-7-14/h6-7,9-10,15,17-18H,4-5,12-13H2,1-3H3,(H,20,21)/t15-,17+/m0/s1. The number of methoxy groups -OCH3 is 1. The predicted molar refractivity (Wildman–Crippen MR) is 91.3 cm³/mol. The van der Waals surface area contributed by atoms with Gasteiger partial charge in [-0.3, -0.25) is 4.79 Å². The third-order valence-corrected chi connectivity index (χ3v) is 3.78. The van der Waals surface area contributed by atoms with Crippen molar-refractivity contribution in [3.63, 3.8) is 0 Å². The van der Waals surface area contributed by atoms with Gasteiger partial charge < -0.3 is 19.5 Å². The van der Waals surface area contributed by atoms with E-state index in [1.54, 1.807) is 7.11 Å². The molecule has 1 aliphatic carbocycles. The summed E-state index contributed by atoms with van der Waals surface area (Å²) in [5.41, 5.74) is 1.04. The highest BCUT2D eigenvalue weighted by molar-refractivity contribution is 5.82. The van der Waals surface area contributed by atoms with Crippen molar-refractivity contribution in [1.29, 1.82) is 0 Å². The second-order valence-electron chi connectivity index (χ2n) is 5.55. The summed E-state index contributed by atoms with van der Waals surface area (Å²) in [6, 6.07) is 7.65. The Morgan fingerprint density at radius 2 is 1.92 bits per heavy atom. The van der Waals surface area contributed by atoms with Gasteiger partial charge in [-0.25, -0.2) is 0 Å². The lowest BCUT2D eigenvalue weighted by atomic mass is 10.2. The Labute approximate surface area is 143 Å². The number of ether oxygens (including phenoxy) is 3. The van der Waals surface area contributed by atoms with Gasteiger partial charge in [-0.05, 0) is 43.9 Å². The summed E-state index contributed by atoms with van der Waals surface area (Å²) in [6.07, 6.45) is 0.301. The fourth-order valence-electron chi connectivity index (χ4n) is 2.32. The van der Waals surface area contributed by atoms with Crippen molar-refractivity contribution in [3.8, 4) is 17.6 Å². The van der Waals surface area contributed by atoms with E-state index < -0.39 is 6.29 Å². The zero-order valence-corrected chi connectivity index (χ0v) is 14.5. The van der Waals surface area contributed by atoms with E-state index in [0.717, 1.165) is 17.7 Å². The van der Waals surface area contributed by atoms with Gasteiger partial charge >= 0.3 is 0 Å². The molecule has 5 heteroatoms. The van der Waals surface area contributed by atoms with Crippen molar-refractivity contribution in [1.82, 2.24) is 5.32 Å². The van der Waals surface area contributed by atoms with Gasteiger partial charge in [0.1, 0.15) is 5.75 Å². The Morgan fingerprint density at radius 3 is 2.50 bits per heavy atom. The zero-order valence-electron chi connectivity index (χ0n) is 14.5. The van der Waals surface area contributed by atoms with Crippen LogP contribution in [0.4, 0.5) is 0 Å². The molecule has 2 atom stereocenters. The van der Waals surface area contributed by atoms with Crippen LogP contribution in [0.2, 0.25) is 0 Å². The predicted octanol–water partition coefficient (Wildman–Crippen LogP) is 2.35. The van der Waals surface area contributed by atoms with Crippen LogP contribution in [-0.4, -0.2) is 32.5 Å². The Balaban J connectivity index is 1.76. The van der Waals surface area contributed by atoms with Crippen LogP contribution in [0.25, 0.3) is 0 Å². The summed E-state index contributed by atoms with van der Waals surface area (Å²) >= 11 is 0. The van der Waals surface area contributed by atoms with E-state index in [1.807, 2.05) is 38.1 Å². The average Bonchev–Trinajstić information content (AvgIpc) is 3.38. The number of carbonyl (C=O) groups is 1. The molecule has 0 radical (unpaired) electrons. The number of amides is 1. The molecule has 0 bridgehead atoms. The van der Waals surface area contributed by atoms with Gasteiger partial charge in [-0.2, -0.15) is 0 Å². The molecule has 1 aromatic rings. The number of benzene rings is 1. The molecule has 0 aliphatic heterocycles. The first-order valence-electron chi connectivity index (χ1n) is 8.32. The maximum atomic E-state index is 12.1. The molecule has 130 valence electrons. The third-order valence-electron chi connectivity index (χ3n) is 3.78. The molecule has 2 rings (SSSR count). The van der Waals surface area contributed by atoms with Gasteiger partial charge in [-0.15, -0.1) is 0 Å². The lowest BCUT2D eigenvalue weighted by Crippen LogP contribution is -2.24. The largest absolute Gasteiger partial charge is 0.497 e. The second-order valence-corrected chi connectivity index (χ2v) is 5.55. The van der Waals surface area contributed by atoms with E-state index in [4.69, 9.17) is 14.2 Å². The highest BCUT2D eigenvalue weighted by Gasteiger charge is 2.41. The monoisotopic (exact) mass is 331 g/mol. The Morgan fingerprint density at radius 1 is 1.25 bits per heavy atom. The second kappa shape index (κ2) is 9.31. The topological polar surface area (TPSA) is 56.8 Å². The molecule has 0 spiro atoms. The summed E-state index contributed by atoms with van der Waals surface area (Å²) in [5.74, 6) is 6.99. The van der Waals surface area contributed by atoms with Gasteiger partial charge in [0.25, 0.3) is 0 Å². The summed E-state index contributed by atoms with van der Waals surface area (Å²) < 4.78 is 15.9. The first-order valence-corrected chi connectivity index (χ1v) is 8.32. The van der Waals surface area contributed by atoms with E-state index in [-0.39, 0.29) is 17.7 Å². The molecular weight excluding hydrogens is 306 g/mol. The number of hydrogen-bond acceptors (Lipinski definition) is 4. The summed E-state index contributed by atoms with van der Waals surface area (Å²) in [4.78, 5) is 12.1. The van der Waals surface area contributed by atoms with Crippen molar-refractivity contribution in [2.45, 2.75) is 33.1 Å². The van der Waals surface area contributed by atoms with E-state index in [9.17, 15) is 4.79 Å². The quantitative estimate of drug-likeness (QED) is 0.587. The Bertz CT molecular complexity index is 582. The first kappa shape index (κ1) is 18.3. The van der Waals surface area contributed by atoms with E-state index in [0.29, 0.717) is 19.8 Å². The SMILES string of the molecule is CCOC(C#C[C@H]1C[C@H]1C(=O)NCc1ccc(OC)cc1)OCC. The minimum absolute atomic E-state index is 0.0281. The van der Waals surface area contributed by atoms with Crippen LogP contribution in [0.3, 0.4) is 0 Å². The molecule has 1 saturated carbocycles. The molecule has 0 unspecified atom stereocenters. The van der Waals surface area contributed by atoms with Crippen molar-refractivity contribution in [2.75, 3.05) is 20.3 Å². The van der Waals surface area contributed by atoms with Crippen LogP contribution in [0.5, 0.6) is 5.75 Å². The van der Waals surface area contributed by atoms with Crippen molar-refractivity contribution >= 4 is 5.91 Å². The first-order chi connectivity index (χ1) is 11.7. The van der Waals surface area contributed by atoms with Crippen LogP contribution in [0.1, 0.15) is 25.8 Å². The molecule has 1 amide bonds. The molecule has 1 N–H and O–H groups in total. The fraction of sp³-hybridized carbons (Fsp3) is 0.526. The Hall–Kier alpha value is -2.03. The summed E-state index contributed by atoms with van der Waals surface area (Å²) in [5, 5.41) is 2.96. The summed E-state index contributed by atoms with van der Waals surface area (Å²) in [6.45, 7) is 5.42. The molecule has 0 heterocycles. The molecule has 1 aromatic carbocycles. The van der Waals surface area contributed by atoms with Crippen LogP contribution in [0, 0.1) is 23.7 Å². The molecule has 1 aliphatic rings. The normalized spacial score (nSPS) is 18.7. The Kier molecular flexibility index (Phi) is 7.10. The van der Waals surface area contributed by atoms with E-state index in [1.165, 1.54) is 0 Å². The van der Waals surface area contributed by atoms with Gasteiger partial charge in [0.15, 0.2) is 0 Å². The minimum atomic E-state index is -0.497. The maximum Gasteiger partial charge on any atom is 0.224 e. The van der Waals surface area contributed by atoms with Crippen molar-refractivity contribution < 1.29 is 19.0 Å². The minimum Gasteiger partial charge on any atom is -0.497 e. The zero-order chi connectivity index (χ0) is 17.4. The molecule has 0 saturated heterocycles. The number of hydrogen-bond donors (Lipinski definition) is 1. The summed E-state index contributed by atoms with van der Waals surface area (Å²) in [7, 11) is 1.63. The lowest BCUT2D eigenvalue weighted by molar-refractivity contribution is -0.122. The lowest BCUT2D eigenvalue weighted by Gasteiger charge is -2.09. The third kappa shape index (κ3) is 5.55. The van der Waals surface area contributed by atoms with Crippen molar-refractivity contribution in [2.24, 2.45) is 11.8 Å². The number of carbonyl (C=O) groups excluding carboxylic acids is 1. The number of nitrogens with one attached hydrogen (secondary N) is 1. The van der Waals surface area contributed by atoms with Crippen LogP contribution >= 0.6 is 0 Å². The van der Waals surface area contributed by atoms with Gasteiger partial charge in [-0.1, -0.05) is 18.1 Å². The number of rotatable bonds is 8. The molecule has 0 aromatic heterocycles. The van der Waals surface area contributed by atoms with Gasteiger partial charge in [0.2, 0.25) is 12.2 Å².